The SMILES string of the molecule is CCCC1=CCC(C#Cc2cc3c(ccc4c3ccc3c5cc(C#Cc6ccc(CCC)cc6)oc5ccc34)o2)C=C1. The Balaban J connectivity index is 1.20. The predicted molar refractivity (Wildman–Crippen MR) is 175 cm³/mol. The van der Waals surface area contributed by atoms with Crippen molar-refractivity contribution in [1.82, 2.24) is 0 Å². The van der Waals surface area contributed by atoms with Gasteiger partial charge in [0, 0.05) is 34.4 Å². The quantitative estimate of drug-likeness (QED) is 0.163. The van der Waals surface area contributed by atoms with Gasteiger partial charge in [-0.3, -0.25) is 0 Å². The normalized spacial score (nSPS) is 14.6. The molecule has 0 N–H and O–H groups in total. The molecule has 1 atom stereocenters. The van der Waals surface area contributed by atoms with Crippen LogP contribution in [0.5, 0.6) is 0 Å². The fourth-order valence-corrected chi connectivity index (χ4v) is 5.97. The molecule has 2 heteroatoms. The highest BCUT2D eigenvalue weighted by atomic mass is 16.3. The summed E-state index contributed by atoms with van der Waals surface area (Å²) in [5, 5.41) is 6.86. The Morgan fingerprint density at radius 1 is 0.643 bits per heavy atom. The van der Waals surface area contributed by atoms with Gasteiger partial charge >= 0.3 is 0 Å². The minimum absolute atomic E-state index is 0.234. The zero-order chi connectivity index (χ0) is 28.5. The molecule has 0 amide bonds. The van der Waals surface area contributed by atoms with E-state index in [0.29, 0.717) is 11.5 Å². The maximum atomic E-state index is 6.15. The van der Waals surface area contributed by atoms with Crippen molar-refractivity contribution in [2.75, 3.05) is 0 Å². The van der Waals surface area contributed by atoms with Crippen LogP contribution in [0.2, 0.25) is 0 Å². The smallest absolute Gasteiger partial charge is 0.178 e. The molecule has 2 aromatic heterocycles. The number of furan rings is 2. The third-order valence-electron chi connectivity index (χ3n) is 8.11. The zero-order valence-corrected chi connectivity index (χ0v) is 24.1. The molecule has 0 fully saturated rings. The third-order valence-corrected chi connectivity index (χ3v) is 8.11. The summed E-state index contributed by atoms with van der Waals surface area (Å²) in [5.41, 5.74) is 5.47. The molecule has 7 rings (SSSR count). The van der Waals surface area contributed by atoms with Crippen LogP contribution in [0.4, 0.5) is 0 Å². The molecule has 2 heterocycles. The fourth-order valence-electron chi connectivity index (χ4n) is 5.97. The van der Waals surface area contributed by atoms with E-state index in [1.165, 1.54) is 28.3 Å². The molecule has 2 nitrogen and oxygen atoms in total. The van der Waals surface area contributed by atoms with Crippen LogP contribution < -0.4 is 0 Å². The largest absolute Gasteiger partial charge is 0.448 e. The van der Waals surface area contributed by atoms with Gasteiger partial charge in [-0.2, -0.15) is 0 Å². The molecule has 42 heavy (non-hydrogen) atoms. The number of fused-ring (bicyclic) bond motifs is 7. The molecule has 0 aliphatic heterocycles. The minimum Gasteiger partial charge on any atom is -0.448 e. The Labute approximate surface area is 246 Å². The van der Waals surface area contributed by atoms with E-state index in [4.69, 9.17) is 8.83 Å². The first-order valence-corrected chi connectivity index (χ1v) is 15.0. The van der Waals surface area contributed by atoms with E-state index in [1.54, 1.807) is 0 Å². The van der Waals surface area contributed by atoms with Gasteiger partial charge < -0.3 is 8.83 Å². The number of hydrogen-bond donors (Lipinski definition) is 0. The molecule has 4 aromatic carbocycles. The van der Waals surface area contributed by atoms with Crippen molar-refractivity contribution in [2.24, 2.45) is 5.92 Å². The first-order valence-electron chi connectivity index (χ1n) is 15.0. The van der Waals surface area contributed by atoms with E-state index in [1.807, 2.05) is 0 Å². The lowest BCUT2D eigenvalue weighted by molar-refractivity contribution is 0.601. The summed E-state index contributed by atoms with van der Waals surface area (Å²) < 4.78 is 12.3. The Bertz CT molecular complexity index is 2140. The fraction of sp³-hybridized carbons (Fsp3) is 0.200. The van der Waals surface area contributed by atoms with Gasteiger partial charge in [0.1, 0.15) is 11.2 Å². The van der Waals surface area contributed by atoms with Crippen molar-refractivity contribution in [3.05, 3.63) is 119 Å². The highest BCUT2D eigenvalue weighted by molar-refractivity contribution is 6.21. The minimum atomic E-state index is 0.234. The second-order valence-electron chi connectivity index (χ2n) is 11.1. The van der Waals surface area contributed by atoms with Crippen molar-refractivity contribution < 1.29 is 8.83 Å². The van der Waals surface area contributed by atoms with Crippen molar-refractivity contribution in [3.63, 3.8) is 0 Å². The summed E-state index contributed by atoms with van der Waals surface area (Å²) in [5.74, 6) is 14.8. The molecule has 1 aliphatic carbocycles. The molecule has 0 radical (unpaired) electrons. The van der Waals surface area contributed by atoms with Gasteiger partial charge in [-0.25, -0.2) is 0 Å². The maximum absolute atomic E-state index is 6.15. The molecular formula is C40H32O2. The van der Waals surface area contributed by atoms with Gasteiger partial charge in [0.15, 0.2) is 11.5 Å². The van der Waals surface area contributed by atoms with E-state index >= 15 is 0 Å². The molecule has 0 saturated heterocycles. The van der Waals surface area contributed by atoms with Crippen LogP contribution in [0.3, 0.4) is 0 Å². The first-order chi connectivity index (χ1) is 20.7. The molecule has 6 aromatic rings. The number of aryl methyl sites for hydroxylation is 1. The van der Waals surface area contributed by atoms with E-state index < -0.39 is 0 Å². The summed E-state index contributed by atoms with van der Waals surface area (Å²) >= 11 is 0. The van der Waals surface area contributed by atoms with Crippen molar-refractivity contribution in [3.8, 4) is 23.7 Å². The molecule has 1 unspecified atom stereocenters. The van der Waals surface area contributed by atoms with E-state index in [0.717, 1.165) is 64.0 Å². The molecular weight excluding hydrogens is 512 g/mol. The van der Waals surface area contributed by atoms with Crippen molar-refractivity contribution in [2.45, 2.75) is 46.0 Å². The van der Waals surface area contributed by atoms with Crippen molar-refractivity contribution >= 4 is 43.5 Å². The Kier molecular flexibility index (Phi) is 6.91. The Morgan fingerprint density at radius 2 is 1.24 bits per heavy atom. The van der Waals surface area contributed by atoms with E-state index in [9.17, 15) is 0 Å². The highest BCUT2D eigenvalue weighted by Gasteiger charge is 2.13. The molecule has 204 valence electrons. The summed E-state index contributed by atoms with van der Waals surface area (Å²) in [6.45, 7) is 4.41. The van der Waals surface area contributed by atoms with Crippen LogP contribution in [0.1, 0.15) is 62.2 Å². The summed E-state index contributed by atoms with van der Waals surface area (Å²) in [6.07, 6.45) is 12.3. The Morgan fingerprint density at radius 3 is 1.83 bits per heavy atom. The van der Waals surface area contributed by atoms with Gasteiger partial charge in [0.05, 0.1) is 0 Å². The molecule has 0 saturated carbocycles. The number of allylic oxidation sites excluding steroid dienone is 4. The van der Waals surface area contributed by atoms with Crippen LogP contribution in [0.15, 0.2) is 105 Å². The van der Waals surface area contributed by atoms with E-state index in [2.05, 4.69) is 129 Å². The number of hydrogen-bond acceptors (Lipinski definition) is 2. The summed E-state index contributed by atoms with van der Waals surface area (Å²) in [4.78, 5) is 0. The van der Waals surface area contributed by atoms with Crippen LogP contribution in [0, 0.1) is 29.6 Å². The van der Waals surface area contributed by atoms with Crippen LogP contribution in [-0.4, -0.2) is 0 Å². The van der Waals surface area contributed by atoms with Crippen LogP contribution in [-0.2, 0) is 6.42 Å². The lowest BCUT2D eigenvalue weighted by Crippen LogP contribution is -1.96. The average molecular weight is 545 g/mol. The topological polar surface area (TPSA) is 26.3 Å². The standard InChI is InChI=1S/C40H32O2/c1-3-5-27-7-11-29(12-8-27)15-17-31-25-37-35-19-20-36-34(33(35)21-23-39(37)41-31)22-24-40-38(36)26-32(42-40)18-16-30-13-9-28(6-4-2)10-14-30/h7-13,19-26,30H,3-6,14H2,1-2H3. The third kappa shape index (κ3) is 5.02. The van der Waals surface area contributed by atoms with Crippen LogP contribution >= 0.6 is 0 Å². The number of rotatable bonds is 4. The lowest BCUT2D eigenvalue weighted by Gasteiger charge is -2.10. The van der Waals surface area contributed by atoms with Crippen LogP contribution in [0.25, 0.3) is 43.5 Å². The monoisotopic (exact) mass is 544 g/mol. The van der Waals surface area contributed by atoms with E-state index in [-0.39, 0.29) is 5.92 Å². The maximum Gasteiger partial charge on any atom is 0.178 e. The predicted octanol–water partition coefficient (Wildman–Crippen LogP) is 10.5. The van der Waals surface area contributed by atoms with Gasteiger partial charge in [-0.05, 0) is 82.5 Å². The van der Waals surface area contributed by atoms with Crippen molar-refractivity contribution in [1.29, 1.82) is 0 Å². The second kappa shape index (κ2) is 11.2. The van der Waals surface area contributed by atoms with Gasteiger partial charge in [-0.1, -0.05) is 98.7 Å². The summed E-state index contributed by atoms with van der Waals surface area (Å²) in [7, 11) is 0. The lowest BCUT2D eigenvalue weighted by atomic mass is 9.95. The average Bonchev–Trinajstić information content (AvgIpc) is 3.64. The molecule has 0 bridgehead atoms. The van der Waals surface area contributed by atoms with Gasteiger partial charge in [0.25, 0.3) is 0 Å². The Hall–Kier alpha value is -4.92. The first kappa shape index (κ1) is 26.0. The second-order valence-corrected chi connectivity index (χ2v) is 11.1. The zero-order valence-electron chi connectivity index (χ0n) is 24.1. The molecule has 0 spiro atoms. The number of benzene rings is 4. The van der Waals surface area contributed by atoms with Gasteiger partial charge in [-0.15, -0.1) is 0 Å². The highest BCUT2D eigenvalue weighted by Crippen LogP contribution is 2.36. The van der Waals surface area contributed by atoms with Gasteiger partial charge in [0.2, 0.25) is 0 Å². The molecule has 1 aliphatic rings. The summed E-state index contributed by atoms with van der Waals surface area (Å²) in [6, 6.07) is 25.4.